The van der Waals surface area contributed by atoms with E-state index in [0.29, 0.717) is 22.6 Å². The summed E-state index contributed by atoms with van der Waals surface area (Å²) >= 11 is 0. The Kier molecular flexibility index (Phi) is 7.74. The number of carbonyl (C=O) groups excluding carboxylic acids is 2. The van der Waals surface area contributed by atoms with Gasteiger partial charge in [-0.3, -0.25) is 24.5 Å². The van der Waals surface area contributed by atoms with E-state index in [1.54, 1.807) is 49.1 Å². The third-order valence-corrected chi connectivity index (χ3v) is 7.28. The van der Waals surface area contributed by atoms with Crippen molar-refractivity contribution < 1.29 is 22.8 Å². The molecule has 0 bridgehead atoms. The lowest BCUT2D eigenvalue weighted by Gasteiger charge is -2.31. The highest BCUT2D eigenvalue weighted by Crippen LogP contribution is 2.35. The number of aromatic nitrogens is 3. The van der Waals surface area contributed by atoms with Crippen molar-refractivity contribution in [2.45, 2.75) is 25.3 Å². The molecule has 4 aromatic heterocycles. The maximum absolute atomic E-state index is 13.5. The van der Waals surface area contributed by atoms with E-state index in [2.05, 4.69) is 20.3 Å². The maximum Gasteiger partial charge on any atom is 0.255 e. The number of nitrogens with one attached hydrogen (secondary N) is 1. The molecule has 1 fully saturated rings. The van der Waals surface area contributed by atoms with E-state index in [-0.39, 0.29) is 44.3 Å². The van der Waals surface area contributed by atoms with Crippen molar-refractivity contribution in [3.63, 3.8) is 0 Å². The minimum atomic E-state index is -2.72. The Morgan fingerprint density at radius 1 is 0.953 bits per heavy atom. The molecular weight excluding hydrogens is 552 g/mol. The zero-order valence-electron chi connectivity index (χ0n) is 23.0. The van der Waals surface area contributed by atoms with Crippen LogP contribution in [0.3, 0.4) is 0 Å². The number of amides is 2. The van der Waals surface area contributed by atoms with Crippen LogP contribution in [0.5, 0.6) is 0 Å². The summed E-state index contributed by atoms with van der Waals surface area (Å²) in [5.74, 6) is -2.73. The van der Waals surface area contributed by atoms with Gasteiger partial charge in [-0.1, -0.05) is 12.1 Å². The number of furan rings is 1. The van der Waals surface area contributed by atoms with Crippen molar-refractivity contribution in [3.8, 4) is 22.4 Å². The summed E-state index contributed by atoms with van der Waals surface area (Å²) in [7, 11) is 0. The number of hydrogen-bond acceptors (Lipinski definition) is 6. The Morgan fingerprint density at radius 2 is 1.74 bits per heavy atom. The second-order valence-corrected chi connectivity index (χ2v) is 10.3. The fraction of sp³-hybridized carbons (Fsp3) is 0.182. The van der Waals surface area contributed by atoms with Crippen LogP contribution in [-0.2, 0) is 11.3 Å². The minimum Gasteiger partial charge on any atom is -0.459 e. The molecule has 10 heteroatoms. The van der Waals surface area contributed by atoms with Crippen molar-refractivity contribution >= 4 is 28.9 Å². The van der Waals surface area contributed by atoms with Crippen LogP contribution in [0.2, 0.25) is 0 Å². The molecule has 1 N–H and O–H groups in total. The summed E-state index contributed by atoms with van der Waals surface area (Å²) in [6.45, 7) is 0.218. The van der Waals surface area contributed by atoms with Crippen LogP contribution < -0.4 is 5.32 Å². The molecule has 6 rings (SSSR count). The summed E-state index contributed by atoms with van der Waals surface area (Å²) in [6, 6.07) is 16.6. The number of carbonyl (C=O) groups is 2. The molecule has 1 aliphatic heterocycles. The van der Waals surface area contributed by atoms with E-state index >= 15 is 0 Å². The Morgan fingerprint density at radius 3 is 2.44 bits per heavy atom. The van der Waals surface area contributed by atoms with Gasteiger partial charge in [0, 0.05) is 85.1 Å². The Labute approximate surface area is 246 Å². The van der Waals surface area contributed by atoms with Gasteiger partial charge in [0.2, 0.25) is 5.91 Å². The van der Waals surface area contributed by atoms with Crippen LogP contribution in [0.15, 0.2) is 96.1 Å². The van der Waals surface area contributed by atoms with E-state index in [0.717, 1.165) is 27.6 Å². The van der Waals surface area contributed by atoms with Gasteiger partial charge < -0.3 is 14.6 Å². The molecule has 43 heavy (non-hydrogen) atoms. The first-order chi connectivity index (χ1) is 20.8. The van der Waals surface area contributed by atoms with Crippen LogP contribution in [-0.4, -0.2) is 50.7 Å². The number of pyridine rings is 3. The van der Waals surface area contributed by atoms with Crippen molar-refractivity contribution in [3.05, 3.63) is 109 Å². The normalized spacial score (nSPS) is 14.7. The number of halogens is 2. The number of fused-ring (bicyclic) bond motifs is 1. The van der Waals surface area contributed by atoms with Crippen LogP contribution in [0.25, 0.3) is 39.4 Å². The Bertz CT molecular complexity index is 1780. The fourth-order valence-electron chi connectivity index (χ4n) is 4.97. The number of benzene rings is 1. The number of nitrogens with zero attached hydrogens (tertiary/aromatic N) is 4. The van der Waals surface area contributed by atoms with Gasteiger partial charge in [-0.2, -0.15) is 0 Å². The highest BCUT2D eigenvalue weighted by molar-refractivity contribution is 5.97. The molecule has 0 radical (unpaired) electrons. The van der Waals surface area contributed by atoms with E-state index in [9.17, 15) is 18.4 Å². The van der Waals surface area contributed by atoms with E-state index in [1.165, 1.54) is 17.2 Å². The second-order valence-electron chi connectivity index (χ2n) is 10.3. The van der Waals surface area contributed by atoms with Crippen molar-refractivity contribution in [1.29, 1.82) is 0 Å². The average Bonchev–Trinajstić information content (AvgIpc) is 3.46. The van der Waals surface area contributed by atoms with E-state index in [4.69, 9.17) is 4.42 Å². The molecule has 5 heterocycles. The van der Waals surface area contributed by atoms with Crippen molar-refractivity contribution in [2.75, 3.05) is 13.1 Å². The fourth-order valence-corrected chi connectivity index (χ4v) is 4.97. The highest BCUT2D eigenvalue weighted by Gasteiger charge is 2.35. The number of piperidine rings is 1. The molecule has 1 aliphatic rings. The third-order valence-electron chi connectivity index (χ3n) is 7.28. The summed E-state index contributed by atoms with van der Waals surface area (Å²) in [5, 5.41) is 3.65. The molecule has 5 aromatic rings. The van der Waals surface area contributed by atoms with Crippen LogP contribution in [0.4, 0.5) is 8.78 Å². The molecule has 8 nitrogen and oxygen atoms in total. The number of alkyl halides is 2. The largest absolute Gasteiger partial charge is 0.459 e. The quantitative estimate of drug-likeness (QED) is 0.232. The standard InChI is InChI=1S/C33H27F2N5O3/c34-33(35)9-13-40(14-10-33)32(42)24-6-7-29(38-20-24)25-15-26-16-27(21-39-30(41)8-5-22-3-1-11-36-18-22)43-31(26)28(17-25)23-4-2-12-37-19-23/h1-8,11-12,15-20H,9-10,13-14,21H2,(H,39,41). The second kappa shape index (κ2) is 11.9. The molecule has 1 aromatic carbocycles. The number of rotatable bonds is 7. The van der Waals surface area contributed by atoms with Gasteiger partial charge in [-0.25, -0.2) is 8.78 Å². The van der Waals surface area contributed by atoms with Gasteiger partial charge in [-0.05, 0) is 54.1 Å². The maximum atomic E-state index is 13.5. The summed E-state index contributed by atoms with van der Waals surface area (Å²) in [5.41, 5.74) is 4.86. The Hall–Kier alpha value is -5.25. The average molecular weight is 580 g/mol. The summed E-state index contributed by atoms with van der Waals surface area (Å²) < 4.78 is 33.3. The molecule has 0 spiro atoms. The van der Waals surface area contributed by atoms with Gasteiger partial charge in [0.1, 0.15) is 11.3 Å². The van der Waals surface area contributed by atoms with Crippen LogP contribution in [0, 0.1) is 0 Å². The summed E-state index contributed by atoms with van der Waals surface area (Å²) in [4.78, 5) is 39.5. The molecule has 0 aliphatic carbocycles. The van der Waals surface area contributed by atoms with Gasteiger partial charge >= 0.3 is 0 Å². The zero-order valence-corrected chi connectivity index (χ0v) is 23.0. The Balaban J connectivity index is 1.24. The van der Waals surface area contributed by atoms with Crippen molar-refractivity contribution in [1.82, 2.24) is 25.2 Å². The zero-order chi connectivity index (χ0) is 29.8. The number of likely N-dealkylation sites (tertiary alicyclic amines) is 1. The van der Waals surface area contributed by atoms with Gasteiger partial charge in [0.15, 0.2) is 0 Å². The van der Waals surface area contributed by atoms with Crippen LogP contribution in [0.1, 0.15) is 34.5 Å². The molecule has 0 unspecified atom stereocenters. The highest BCUT2D eigenvalue weighted by atomic mass is 19.3. The lowest BCUT2D eigenvalue weighted by atomic mass is 9.99. The molecule has 0 saturated carbocycles. The first-order valence-electron chi connectivity index (χ1n) is 13.8. The third kappa shape index (κ3) is 6.48. The molecular formula is C33H27F2N5O3. The van der Waals surface area contributed by atoms with E-state index < -0.39 is 5.92 Å². The molecule has 2 amide bonds. The monoisotopic (exact) mass is 579 g/mol. The van der Waals surface area contributed by atoms with Crippen LogP contribution >= 0.6 is 0 Å². The topological polar surface area (TPSA) is 101 Å². The molecule has 216 valence electrons. The molecule has 1 saturated heterocycles. The lowest BCUT2D eigenvalue weighted by Crippen LogP contribution is -2.42. The predicted octanol–water partition coefficient (Wildman–Crippen LogP) is 6.15. The van der Waals surface area contributed by atoms with E-state index in [1.807, 2.05) is 36.4 Å². The predicted molar refractivity (Wildman–Crippen MR) is 158 cm³/mol. The molecule has 0 atom stereocenters. The SMILES string of the molecule is O=C(C=Cc1cccnc1)NCc1cc2cc(-c3ccc(C(=O)N4CCC(F)(F)CC4)cn3)cc(-c3cccnc3)c2o1. The van der Waals surface area contributed by atoms with Gasteiger partial charge in [-0.15, -0.1) is 0 Å². The number of hydrogen-bond donors (Lipinski definition) is 1. The van der Waals surface area contributed by atoms with Crippen molar-refractivity contribution in [2.24, 2.45) is 0 Å². The first-order valence-corrected chi connectivity index (χ1v) is 13.8. The first kappa shape index (κ1) is 27.9. The van der Waals surface area contributed by atoms with Gasteiger partial charge in [0.05, 0.1) is 17.8 Å². The van der Waals surface area contributed by atoms with Gasteiger partial charge in [0.25, 0.3) is 11.8 Å². The minimum absolute atomic E-state index is 0.0167. The lowest BCUT2D eigenvalue weighted by molar-refractivity contribution is -0.116. The summed E-state index contributed by atoms with van der Waals surface area (Å²) in [6.07, 6.45) is 10.7. The smallest absolute Gasteiger partial charge is 0.255 e.